The van der Waals surface area contributed by atoms with Crippen molar-refractivity contribution in [2.24, 2.45) is 5.73 Å². The fourth-order valence-electron chi connectivity index (χ4n) is 2.32. The molecular weight excluding hydrogens is 292 g/mol. The molecule has 1 aromatic carbocycles. The van der Waals surface area contributed by atoms with Gasteiger partial charge in [-0.3, -0.25) is 0 Å². The van der Waals surface area contributed by atoms with Crippen molar-refractivity contribution in [3.63, 3.8) is 0 Å². The van der Waals surface area contributed by atoms with Crippen LogP contribution in [0.25, 0.3) is 10.1 Å². The lowest BCUT2D eigenvalue weighted by molar-refractivity contribution is 0.427. The second-order valence-electron chi connectivity index (χ2n) is 4.55. The van der Waals surface area contributed by atoms with Crippen molar-refractivity contribution in [1.82, 2.24) is 4.31 Å². The van der Waals surface area contributed by atoms with Crippen LogP contribution in [0.2, 0.25) is 0 Å². The van der Waals surface area contributed by atoms with E-state index in [0.29, 0.717) is 18.0 Å². The van der Waals surface area contributed by atoms with Crippen molar-refractivity contribution >= 4 is 31.4 Å². The topological polar surface area (TPSA) is 63.4 Å². The molecule has 0 aliphatic rings. The van der Waals surface area contributed by atoms with Crippen LogP contribution in [0.5, 0.6) is 0 Å². The molecule has 0 aliphatic carbocycles. The Hall–Kier alpha value is -0.950. The van der Waals surface area contributed by atoms with E-state index in [2.05, 4.69) is 0 Å². The molecular formula is C14H20N2O2S2. The Morgan fingerprint density at radius 2 is 1.95 bits per heavy atom. The van der Waals surface area contributed by atoms with Gasteiger partial charge >= 0.3 is 0 Å². The number of fused-ring (bicyclic) bond motifs is 1. The van der Waals surface area contributed by atoms with Gasteiger partial charge in [0.15, 0.2) is 0 Å². The molecule has 0 unspecified atom stereocenters. The summed E-state index contributed by atoms with van der Waals surface area (Å²) in [6, 6.07) is 7.58. The van der Waals surface area contributed by atoms with Crippen LogP contribution >= 0.6 is 11.3 Å². The number of nitrogens with two attached hydrogens (primary N) is 1. The van der Waals surface area contributed by atoms with E-state index in [0.717, 1.165) is 21.4 Å². The van der Waals surface area contributed by atoms with E-state index >= 15 is 0 Å². The van der Waals surface area contributed by atoms with Crippen molar-refractivity contribution in [1.29, 1.82) is 0 Å². The van der Waals surface area contributed by atoms with Crippen LogP contribution in [0.4, 0.5) is 0 Å². The number of rotatable bonds is 6. The molecule has 1 heterocycles. The first-order chi connectivity index (χ1) is 9.56. The molecule has 4 nitrogen and oxygen atoms in total. The van der Waals surface area contributed by atoms with E-state index in [1.165, 1.54) is 15.6 Å². The van der Waals surface area contributed by atoms with Gasteiger partial charge in [-0.05, 0) is 12.5 Å². The third-order valence-corrected chi connectivity index (χ3v) is 6.65. The van der Waals surface area contributed by atoms with Gasteiger partial charge in [0.05, 0.1) is 0 Å². The zero-order chi connectivity index (χ0) is 14.8. The summed E-state index contributed by atoms with van der Waals surface area (Å²) in [6.45, 7) is 5.10. The van der Waals surface area contributed by atoms with Crippen molar-refractivity contribution in [3.05, 3.63) is 29.1 Å². The molecule has 0 saturated carbocycles. The van der Waals surface area contributed by atoms with Crippen LogP contribution < -0.4 is 5.73 Å². The molecule has 2 N–H and O–H groups in total. The van der Waals surface area contributed by atoms with E-state index in [1.807, 2.05) is 38.1 Å². The highest BCUT2D eigenvalue weighted by atomic mass is 32.2. The predicted octanol–water partition coefficient (Wildman–Crippen LogP) is 2.78. The molecule has 6 heteroatoms. The van der Waals surface area contributed by atoms with E-state index < -0.39 is 10.0 Å². The Balaban J connectivity index is 2.66. The summed E-state index contributed by atoms with van der Waals surface area (Å²) < 4.78 is 28.3. The summed E-state index contributed by atoms with van der Waals surface area (Å²) in [4.78, 5) is 1.14. The van der Waals surface area contributed by atoms with Crippen LogP contribution in [-0.2, 0) is 16.6 Å². The third-order valence-electron chi connectivity index (χ3n) is 3.23. The quantitative estimate of drug-likeness (QED) is 0.892. The Morgan fingerprint density at radius 1 is 1.25 bits per heavy atom. The summed E-state index contributed by atoms with van der Waals surface area (Å²) in [6.07, 6.45) is 0.799. The van der Waals surface area contributed by atoms with Crippen molar-refractivity contribution < 1.29 is 8.42 Å². The number of thiophene rings is 1. The molecule has 2 rings (SSSR count). The summed E-state index contributed by atoms with van der Waals surface area (Å²) >= 11 is 1.47. The highest BCUT2D eigenvalue weighted by Crippen LogP contribution is 2.36. The largest absolute Gasteiger partial charge is 0.326 e. The molecule has 0 saturated heterocycles. The number of nitrogens with zero attached hydrogens (tertiary/aromatic N) is 1. The SMILES string of the molecule is CCCN(CC)S(=O)(=O)c1c(CN)sc2ccccc12. The number of benzene rings is 1. The average molecular weight is 312 g/mol. The van der Waals surface area contributed by atoms with Gasteiger partial charge < -0.3 is 5.73 Å². The maximum atomic E-state index is 12.9. The molecule has 0 amide bonds. The van der Waals surface area contributed by atoms with Crippen LogP contribution in [0, 0.1) is 0 Å². The fraction of sp³-hybridized carbons (Fsp3) is 0.429. The van der Waals surface area contributed by atoms with Crippen molar-refractivity contribution in [2.75, 3.05) is 13.1 Å². The monoisotopic (exact) mass is 312 g/mol. The summed E-state index contributed by atoms with van der Waals surface area (Å²) in [7, 11) is -3.48. The fourth-order valence-corrected chi connectivity index (χ4v) is 5.65. The smallest absolute Gasteiger partial charge is 0.244 e. The molecule has 1 aromatic heterocycles. The summed E-state index contributed by atoms with van der Waals surface area (Å²) in [5, 5.41) is 0.785. The molecule has 0 fully saturated rings. The molecule has 20 heavy (non-hydrogen) atoms. The van der Waals surface area contributed by atoms with Gasteiger partial charge in [0, 0.05) is 34.6 Å². The minimum atomic E-state index is -3.48. The van der Waals surface area contributed by atoms with E-state index in [-0.39, 0.29) is 6.54 Å². The molecule has 110 valence electrons. The Morgan fingerprint density at radius 3 is 2.55 bits per heavy atom. The Labute approximate surface area is 124 Å². The van der Waals surface area contributed by atoms with Gasteiger partial charge in [-0.2, -0.15) is 4.31 Å². The first-order valence-corrected chi connectivity index (χ1v) is 9.02. The highest BCUT2D eigenvalue weighted by Gasteiger charge is 2.28. The summed E-state index contributed by atoms with van der Waals surface area (Å²) in [5.41, 5.74) is 5.75. The molecule has 0 radical (unpaired) electrons. The van der Waals surface area contributed by atoms with Crippen LogP contribution in [0.15, 0.2) is 29.2 Å². The predicted molar refractivity (Wildman–Crippen MR) is 84.4 cm³/mol. The van der Waals surface area contributed by atoms with Crippen molar-refractivity contribution in [2.45, 2.75) is 31.7 Å². The van der Waals surface area contributed by atoms with Gasteiger partial charge in [-0.25, -0.2) is 8.42 Å². The van der Waals surface area contributed by atoms with Gasteiger partial charge in [0.2, 0.25) is 10.0 Å². The molecule has 0 aliphatic heterocycles. The number of hydrogen-bond acceptors (Lipinski definition) is 4. The number of hydrogen-bond donors (Lipinski definition) is 1. The van der Waals surface area contributed by atoms with Gasteiger partial charge in [-0.15, -0.1) is 11.3 Å². The average Bonchev–Trinajstić information content (AvgIpc) is 2.83. The van der Waals surface area contributed by atoms with Gasteiger partial charge in [0.25, 0.3) is 0 Å². The molecule has 0 spiro atoms. The molecule has 0 atom stereocenters. The van der Waals surface area contributed by atoms with Gasteiger partial charge in [0.1, 0.15) is 4.90 Å². The van der Waals surface area contributed by atoms with Crippen LogP contribution in [0.1, 0.15) is 25.1 Å². The maximum absolute atomic E-state index is 12.9. The zero-order valence-electron chi connectivity index (χ0n) is 11.8. The Kier molecular flexibility index (Phi) is 4.80. The molecule has 0 bridgehead atoms. The normalized spacial score (nSPS) is 12.4. The zero-order valence-corrected chi connectivity index (χ0v) is 13.4. The van der Waals surface area contributed by atoms with E-state index in [4.69, 9.17) is 5.73 Å². The lowest BCUT2D eigenvalue weighted by Gasteiger charge is -2.20. The maximum Gasteiger partial charge on any atom is 0.244 e. The lowest BCUT2D eigenvalue weighted by atomic mass is 10.2. The van der Waals surface area contributed by atoms with E-state index in [9.17, 15) is 8.42 Å². The third kappa shape index (κ3) is 2.61. The first-order valence-electron chi connectivity index (χ1n) is 6.76. The van der Waals surface area contributed by atoms with Crippen LogP contribution in [-0.4, -0.2) is 25.8 Å². The standard InChI is InChI=1S/C14H20N2O2S2/c1-3-9-16(4-2)20(17,18)14-11-7-5-6-8-12(11)19-13(14)10-15/h5-8H,3-4,9-10,15H2,1-2H3. The lowest BCUT2D eigenvalue weighted by Crippen LogP contribution is -2.32. The minimum Gasteiger partial charge on any atom is -0.326 e. The summed E-state index contributed by atoms with van der Waals surface area (Å²) in [5.74, 6) is 0. The highest BCUT2D eigenvalue weighted by molar-refractivity contribution is 7.89. The second-order valence-corrected chi connectivity index (χ2v) is 7.56. The minimum absolute atomic E-state index is 0.248. The van der Waals surface area contributed by atoms with Crippen molar-refractivity contribution in [3.8, 4) is 0 Å². The molecule has 2 aromatic rings. The Bertz CT molecular complexity index is 692. The van der Waals surface area contributed by atoms with E-state index in [1.54, 1.807) is 0 Å². The second kappa shape index (κ2) is 6.22. The number of sulfonamides is 1. The van der Waals surface area contributed by atoms with Crippen LogP contribution in [0.3, 0.4) is 0 Å². The van der Waals surface area contributed by atoms with Gasteiger partial charge in [-0.1, -0.05) is 32.0 Å². The first kappa shape index (κ1) is 15.4.